The number of anilines is 1. The fourth-order valence-electron chi connectivity index (χ4n) is 5.94. The molecule has 0 bridgehead atoms. The second-order valence-corrected chi connectivity index (χ2v) is 10.2. The average molecular weight is 475 g/mol. The Labute approximate surface area is 202 Å². The molecular weight excluding hydrogens is 444 g/mol. The number of nitrogens with one attached hydrogen (secondary N) is 2. The lowest BCUT2D eigenvalue weighted by atomic mass is 9.91. The molecule has 3 aromatic rings. The quantitative estimate of drug-likeness (QED) is 0.470. The number of fused-ring (bicyclic) bond motifs is 2. The van der Waals surface area contributed by atoms with E-state index in [1.54, 1.807) is 0 Å². The average Bonchev–Trinajstić information content (AvgIpc) is 3.28. The summed E-state index contributed by atoms with van der Waals surface area (Å²) in [6.45, 7) is 3.52. The number of benzene rings is 1. The number of rotatable bonds is 6. The topological polar surface area (TPSA) is 128 Å². The number of hydrogen-bond acceptors (Lipinski definition) is 6. The SMILES string of the molecule is C=CC(=O)NC1CCC(n2nc(-c3ccc(OC4CC5CC5C4)cc3)c3c(N)n[nH]c(=O)c32)CC1. The van der Waals surface area contributed by atoms with Crippen LogP contribution in [0.25, 0.3) is 22.2 Å². The Morgan fingerprint density at radius 2 is 1.86 bits per heavy atom. The fourth-order valence-corrected chi connectivity index (χ4v) is 5.94. The third-order valence-corrected chi connectivity index (χ3v) is 7.86. The summed E-state index contributed by atoms with van der Waals surface area (Å²) in [7, 11) is 0. The maximum absolute atomic E-state index is 12.8. The van der Waals surface area contributed by atoms with Crippen LogP contribution in [0.5, 0.6) is 5.75 Å². The van der Waals surface area contributed by atoms with Gasteiger partial charge in [0.05, 0.1) is 17.5 Å². The lowest BCUT2D eigenvalue weighted by molar-refractivity contribution is -0.117. The maximum atomic E-state index is 12.8. The van der Waals surface area contributed by atoms with E-state index in [0.29, 0.717) is 22.7 Å². The highest BCUT2D eigenvalue weighted by molar-refractivity contribution is 5.99. The predicted octanol–water partition coefficient (Wildman–Crippen LogP) is 3.33. The van der Waals surface area contributed by atoms with E-state index >= 15 is 0 Å². The molecule has 3 aliphatic carbocycles. The zero-order valence-corrected chi connectivity index (χ0v) is 19.6. The van der Waals surface area contributed by atoms with Crippen LogP contribution in [0.2, 0.25) is 0 Å². The summed E-state index contributed by atoms with van der Waals surface area (Å²) < 4.78 is 8.00. The first kappa shape index (κ1) is 21.9. The molecule has 2 atom stereocenters. The summed E-state index contributed by atoms with van der Waals surface area (Å²) in [5.74, 6) is 2.69. The molecular formula is C26H30N6O3. The molecule has 1 aromatic carbocycles. The number of aromatic amines is 1. The highest BCUT2D eigenvalue weighted by Crippen LogP contribution is 2.52. The monoisotopic (exact) mass is 474 g/mol. The van der Waals surface area contributed by atoms with Gasteiger partial charge in [0.2, 0.25) is 5.91 Å². The van der Waals surface area contributed by atoms with Crippen LogP contribution in [-0.2, 0) is 4.79 Å². The zero-order valence-electron chi connectivity index (χ0n) is 19.6. The molecule has 6 rings (SSSR count). The van der Waals surface area contributed by atoms with E-state index in [1.165, 1.54) is 12.5 Å². The second-order valence-electron chi connectivity index (χ2n) is 10.2. The zero-order chi connectivity index (χ0) is 24.1. The Morgan fingerprint density at radius 1 is 1.14 bits per heavy atom. The molecule has 0 radical (unpaired) electrons. The number of aromatic nitrogens is 4. The van der Waals surface area contributed by atoms with Gasteiger partial charge in [-0.25, -0.2) is 5.10 Å². The summed E-state index contributed by atoms with van der Waals surface area (Å²) in [6.07, 6.45) is 8.47. The van der Waals surface area contributed by atoms with Crippen LogP contribution in [0, 0.1) is 11.8 Å². The van der Waals surface area contributed by atoms with E-state index in [2.05, 4.69) is 22.1 Å². The lowest BCUT2D eigenvalue weighted by Crippen LogP contribution is -2.37. The smallest absolute Gasteiger partial charge is 0.290 e. The molecule has 4 N–H and O–H groups in total. The van der Waals surface area contributed by atoms with Crippen molar-refractivity contribution in [3.05, 3.63) is 47.3 Å². The maximum Gasteiger partial charge on any atom is 0.290 e. The molecule has 9 nitrogen and oxygen atoms in total. The lowest BCUT2D eigenvalue weighted by Gasteiger charge is -2.29. The molecule has 35 heavy (non-hydrogen) atoms. The first-order valence-corrected chi connectivity index (χ1v) is 12.5. The van der Waals surface area contributed by atoms with E-state index in [4.69, 9.17) is 15.6 Å². The van der Waals surface area contributed by atoms with Crippen molar-refractivity contribution in [1.29, 1.82) is 0 Å². The number of nitrogen functional groups attached to an aromatic ring is 1. The summed E-state index contributed by atoms with van der Waals surface area (Å²) in [5.41, 5.74) is 7.88. The molecule has 3 aliphatic rings. The Bertz CT molecular complexity index is 1330. The molecule has 0 spiro atoms. The number of carbonyl (C=O) groups is 1. The van der Waals surface area contributed by atoms with Gasteiger partial charge in [0.15, 0.2) is 5.82 Å². The third-order valence-electron chi connectivity index (χ3n) is 7.86. The van der Waals surface area contributed by atoms with E-state index < -0.39 is 0 Å². The third kappa shape index (κ3) is 4.09. The standard InChI is InChI=1S/C26H30N6O3/c1-2-21(33)28-17-5-7-18(8-6-17)32-24-22(25(27)29-30-26(24)34)23(31-32)14-3-9-19(10-4-14)35-20-12-15-11-16(15)13-20/h2-4,9-10,15-18,20H,1,5-8,11-13H2,(H2,27,29)(H,28,33)(H,30,34). The fraction of sp³-hybridized carbons (Fsp3) is 0.462. The summed E-state index contributed by atoms with van der Waals surface area (Å²) in [5, 5.41) is 14.9. The molecule has 3 fully saturated rings. The van der Waals surface area contributed by atoms with Crippen molar-refractivity contribution in [1.82, 2.24) is 25.3 Å². The van der Waals surface area contributed by atoms with Crippen molar-refractivity contribution < 1.29 is 9.53 Å². The van der Waals surface area contributed by atoms with Gasteiger partial charge in [-0.15, -0.1) is 0 Å². The van der Waals surface area contributed by atoms with Gasteiger partial charge in [-0.05, 0) is 87.1 Å². The molecule has 3 saturated carbocycles. The largest absolute Gasteiger partial charge is 0.490 e. The number of amides is 1. The number of ether oxygens (including phenoxy) is 1. The van der Waals surface area contributed by atoms with Crippen LogP contribution in [0.15, 0.2) is 41.7 Å². The van der Waals surface area contributed by atoms with Crippen molar-refractivity contribution in [3.8, 4) is 17.0 Å². The van der Waals surface area contributed by atoms with Gasteiger partial charge in [0, 0.05) is 11.6 Å². The minimum Gasteiger partial charge on any atom is -0.490 e. The van der Waals surface area contributed by atoms with E-state index in [1.807, 2.05) is 28.9 Å². The number of carbonyl (C=O) groups excluding carboxylic acids is 1. The summed E-state index contributed by atoms with van der Waals surface area (Å²) in [6, 6.07) is 8.01. The molecule has 0 aliphatic heterocycles. The van der Waals surface area contributed by atoms with Gasteiger partial charge in [0.25, 0.3) is 5.56 Å². The first-order chi connectivity index (χ1) is 17.0. The van der Waals surface area contributed by atoms with Gasteiger partial charge in [0.1, 0.15) is 17.0 Å². The van der Waals surface area contributed by atoms with Crippen molar-refractivity contribution >= 4 is 22.6 Å². The molecule has 9 heteroatoms. The second kappa shape index (κ2) is 8.55. The molecule has 2 heterocycles. The van der Waals surface area contributed by atoms with Gasteiger partial charge in [-0.1, -0.05) is 6.58 Å². The molecule has 2 aromatic heterocycles. The highest BCUT2D eigenvalue weighted by Gasteiger charge is 2.46. The Hall–Kier alpha value is -3.62. The van der Waals surface area contributed by atoms with Crippen molar-refractivity contribution in [2.45, 2.75) is 63.1 Å². The molecule has 0 saturated heterocycles. The summed E-state index contributed by atoms with van der Waals surface area (Å²) >= 11 is 0. The normalized spacial score (nSPS) is 27.4. The van der Waals surface area contributed by atoms with Crippen LogP contribution < -0.4 is 21.3 Å². The van der Waals surface area contributed by atoms with Crippen LogP contribution >= 0.6 is 0 Å². The van der Waals surface area contributed by atoms with Crippen molar-refractivity contribution in [3.63, 3.8) is 0 Å². The summed E-state index contributed by atoms with van der Waals surface area (Å²) in [4.78, 5) is 24.5. The molecule has 2 unspecified atom stereocenters. The van der Waals surface area contributed by atoms with E-state index in [-0.39, 0.29) is 29.4 Å². The van der Waals surface area contributed by atoms with Gasteiger partial charge in [-0.3, -0.25) is 14.3 Å². The molecule has 1 amide bonds. The Kier molecular flexibility index (Phi) is 5.35. The first-order valence-electron chi connectivity index (χ1n) is 12.5. The Morgan fingerprint density at radius 3 is 2.54 bits per heavy atom. The van der Waals surface area contributed by atoms with Gasteiger partial charge < -0.3 is 15.8 Å². The van der Waals surface area contributed by atoms with E-state index in [9.17, 15) is 9.59 Å². The highest BCUT2D eigenvalue weighted by atomic mass is 16.5. The van der Waals surface area contributed by atoms with Crippen LogP contribution in [0.1, 0.15) is 51.0 Å². The number of hydrogen-bond donors (Lipinski definition) is 3. The van der Waals surface area contributed by atoms with Crippen molar-refractivity contribution in [2.24, 2.45) is 11.8 Å². The van der Waals surface area contributed by atoms with Gasteiger partial charge >= 0.3 is 0 Å². The number of nitrogens with two attached hydrogens (primary N) is 1. The van der Waals surface area contributed by atoms with E-state index in [0.717, 1.165) is 61.7 Å². The van der Waals surface area contributed by atoms with Crippen LogP contribution in [0.4, 0.5) is 5.82 Å². The number of nitrogens with zero attached hydrogens (tertiary/aromatic N) is 3. The van der Waals surface area contributed by atoms with Crippen LogP contribution in [0.3, 0.4) is 0 Å². The number of H-pyrrole nitrogens is 1. The van der Waals surface area contributed by atoms with Gasteiger partial charge in [-0.2, -0.15) is 10.2 Å². The Balaban J connectivity index is 1.28. The van der Waals surface area contributed by atoms with Crippen molar-refractivity contribution in [2.75, 3.05) is 5.73 Å². The van der Waals surface area contributed by atoms with Crippen LogP contribution in [-0.4, -0.2) is 38.0 Å². The minimum absolute atomic E-state index is 0.0300. The molecule has 182 valence electrons. The minimum atomic E-state index is -0.310. The predicted molar refractivity (Wildman–Crippen MR) is 133 cm³/mol.